The lowest BCUT2D eigenvalue weighted by molar-refractivity contribution is 0.733. The molecule has 2 heterocycles. The molecule has 0 fully saturated rings. The van der Waals surface area contributed by atoms with Gasteiger partial charge >= 0.3 is 0 Å². The molecule has 0 saturated heterocycles. The number of rotatable bonds is 4. The lowest BCUT2D eigenvalue weighted by Gasteiger charge is -2.03. The molecule has 0 aliphatic rings. The SMILES string of the molecule is CCCc1nc(Cn2cccc(C)c2=O)cs1. The molecule has 0 aromatic carbocycles. The van der Waals surface area contributed by atoms with Gasteiger partial charge in [0.05, 0.1) is 17.2 Å². The van der Waals surface area contributed by atoms with Gasteiger partial charge in [-0.1, -0.05) is 13.0 Å². The Balaban J connectivity index is 2.19. The average molecular weight is 248 g/mol. The van der Waals surface area contributed by atoms with Crippen LogP contribution in [-0.2, 0) is 13.0 Å². The van der Waals surface area contributed by atoms with E-state index in [9.17, 15) is 4.79 Å². The number of nitrogens with zero attached hydrogens (tertiary/aromatic N) is 2. The van der Waals surface area contributed by atoms with E-state index in [0.29, 0.717) is 6.54 Å². The number of aromatic nitrogens is 2. The Morgan fingerprint density at radius 1 is 1.47 bits per heavy atom. The smallest absolute Gasteiger partial charge is 0.253 e. The molecule has 0 amide bonds. The van der Waals surface area contributed by atoms with Gasteiger partial charge < -0.3 is 4.57 Å². The molecule has 0 radical (unpaired) electrons. The highest BCUT2D eigenvalue weighted by atomic mass is 32.1. The molecule has 0 bridgehead atoms. The molecule has 3 nitrogen and oxygen atoms in total. The van der Waals surface area contributed by atoms with Crippen LogP contribution in [0.15, 0.2) is 28.5 Å². The Kier molecular flexibility index (Phi) is 3.74. The minimum absolute atomic E-state index is 0.0672. The lowest BCUT2D eigenvalue weighted by Crippen LogP contribution is -2.21. The van der Waals surface area contributed by atoms with Gasteiger partial charge in [-0.2, -0.15) is 0 Å². The second-order valence-corrected chi connectivity index (χ2v) is 5.05. The van der Waals surface area contributed by atoms with Crippen molar-refractivity contribution in [2.75, 3.05) is 0 Å². The van der Waals surface area contributed by atoms with Crippen molar-refractivity contribution in [2.45, 2.75) is 33.2 Å². The van der Waals surface area contributed by atoms with E-state index in [0.717, 1.165) is 29.1 Å². The van der Waals surface area contributed by atoms with Crippen LogP contribution in [0.3, 0.4) is 0 Å². The molecule has 0 spiro atoms. The van der Waals surface area contributed by atoms with Gasteiger partial charge in [0, 0.05) is 17.1 Å². The first-order valence-corrected chi connectivity index (χ1v) is 6.68. The minimum atomic E-state index is 0.0672. The summed E-state index contributed by atoms with van der Waals surface area (Å²) in [7, 11) is 0. The van der Waals surface area contributed by atoms with E-state index >= 15 is 0 Å². The van der Waals surface area contributed by atoms with E-state index in [1.807, 2.05) is 30.6 Å². The van der Waals surface area contributed by atoms with Crippen LogP contribution < -0.4 is 5.56 Å². The normalized spacial score (nSPS) is 10.7. The summed E-state index contributed by atoms with van der Waals surface area (Å²) in [5.41, 5.74) is 1.82. The van der Waals surface area contributed by atoms with Crippen LogP contribution in [-0.4, -0.2) is 9.55 Å². The fourth-order valence-electron chi connectivity index (χ4n) is 1.71. The molecule has 2 rings (SSSR count). The van der Waals surface area contributed by atoms with Crippen LogP contribution in [0, 0.1) is 6.92 Å². The van der Waals surface area contributed by atoms with Crippen LogP contribution in [0.4, 0.5) is 0 Å². The fourth-order valence-corrected chi connectivity index (χ4v) is 2.60. The van der Waals surface area contributed by atoms with Gasteiger partial charge in [0.25, 0.3) is 5.56 Å². The Hall–Kier alpha value is -1.42. The molecular formula is C13H16N2OS. The highest BCUT2D eigenvalue weighted by Gasteiger charge is 2.04. The topological polar surface area (TPSA) is 34.9 Å². The summed E-state index contributed by atoms with van der Waals surface area (Å²) >= 11 is 1.68. The van der Waals surface area contributed by atoms with Crippen LogP contribution in [0.5, 0.6) is 0 Å². The maximum absolute atomic E-state index is 11.8. The minimum Gasteiger partial charge on any atom is -0.309 e. The van der Waals surface area contributed by atoms with Crippen LogP contribution in [0.25, 0.3) is 0 Å². The van der Waals surface area contributed by atoms with Gasteiger partial charge in [-0.3, -0.25) is 4.79 Å². The van der Waals surface area contributed by atoms with Crippen LogP contribution in [0.1, 0.15) is 29.6 Å². The van der Waals surface area contributed by atoms with Crippen molar-refractivity contribution in [3.63, 3.8) is 0 Å². The second kappa shape index (κ2) is 5.27. The summed E-state index contributed by atoms with van der Waals surface area (Å²) in [5.74, 6) is 0. The zero-order chi connectivity index (χ0) is 12.3. The maximum Gasteiger partial charge on any atom is 0.253 e. The molecule has 4 heteroatoms. The Bertz CT molecular complexity index is 557. The molecule has 0 unspecified atom stereocenters. The van der Waals surface area contributed by atoms with Gasteiger partial charge in [0.2, 0.25) is 0 Å². The van der Waals surface area contributed by atoms with Crippen molar-refractivity contribution in [3.8, 4) is 0 Å². The van der Waals surface area contributed by atoms with Crippen molar-refractivity contribution in [1.29, 1.82) is 0 Å². The lowest BCUT2D eigenvalue weighted by atomic mass is 10.3. The number of aryl methyl sites for hydroxylation is 2. The van der Waals surface area contributed by atoms with Gasteiger partial charge in [0.1, 0.15) is 0 Å². The summed E-state index contributed by atoms with van der Waals surface area (Å²) < 4.78 is 1.71. The number of hydrogen-bond acceptors (Lipinski definition) is 3. The Morgan fingerprint density at radius 2 is 2.29 bits per heavy atom. The standard InChI is InChI=1S/C13H16N2OS/c1-3-5-12-14-11(9-17-12)8-15-7-4-6-10(2)13(15)16/h4,6-7,9H,3,5,8H2,1-2H3. The Morgan fingerprint density at radius 3 is 3.06 bits per heavy atom. The van der Waals surface area contributed by atoms with Gasteiger partial charge in [-0.25, -0.2) is 4.98 Å². The quantitative estimate of drug-likeness (QED) is 0.833. The first kappa shape index (κ1) is 12.0. The first-order valence-electron chi connectivity index (χ1n) is 5.80. The largest absolute Gasteiger partial charge is 0.309 e. The first-order chi connectivity index (χ1) is 8.20. The summed E-state index contributed by atoms with van der Waals surface area (Å²) in [6.45, 7) is 4.55. The Labute approximate surface area is 105 Å². The number of hydrogen-bond donors (Lipinski definition) is 0. The molecule has 0 N–H and O–H groups in total. The molecule has 0 atom stereocenters. The third-order valence-electron chi connectivity index (χ3n) is 2.61. The molecule has 0 aliphatic carbocycles. The van der Waals surface area contributed by atoms with Crippen molar-refractivity contribution in [3.05, 3.63) is 50.3 Å². The van der Waals surface area contributed by atoms with E-state index in [1.54, 1.807) is 15.9 Å². The molecule has 17 heavy (non-hydrogen) atoms. The van der Waals surface area contributed by atoms with E-state index in [1.165, 1.54) is 0 Å². The molecule has 90 valence electrons. The van der Waals surface area contributed by atoms with Crippen molar-refractivity contribution in [2.24, 2.45) is 0 Å². The highest BCUT2D eigenvalue weighted by molar-refractivity contribution is 7.09. The predicted octanol–water partition coefficient (Wildman–Crippen LogP) is 2.61. The highest BCUT2D eigenvalue weighted by Crippen LogP contribution is 2.12. The summed E-state index contributed by atoms with van der Waals surface area (Å²) in [5, 5.41) is 3.20. The van der Waals surface area contributed by atoms with Gasteiger partial charge in [0.15, 0.2) is 0 Å². The zero-order valence-electron chi connectivity index (χ0n) is 10.1. The predicted molar refractivity (Wildman–Crippen MR) is 70.7 cm³/mol. The third kappa shape index (κ3) is 2.82. The van der Waals surface area contributed by atoms with Gasteiger partial charge in [-0.15, -0.1) is 11.3 Å². The molecule has 0 saturated carbocycles. The van der Waals surface area contributed by atoms with Crippen LogP contribution in [0.2, 0.25) is 0 Å². The molecule has 2 aromatic rings. The van der Waals surface area contributed by atoms with Crippen LogP contribution >= 0.6 is 11.3 Å². The van der Waals surface area contributed by atoms with Crippen molar-refractivity contribution >= 4 is 11.3 Å². The number of thiazole rings is 1. The molecule has 2 aromatic heterocycles. The van der Waals surface area contributed by atoms with Crippen molar-refractivity contribution in [1.82, 2.24) is 9.55 Å². The van der Waals surface area contributed by atoms with Crippen molar-refractivity contribution < 1.29 is 0 Å². The maximum atomic E-state index is 11.8. The van der Waals surface area contributed by atoms with E-state index < -0.39 is 0 Å². The second-order valence-electron chi connectivity index (χ2n) is 4.11. The van der Waals surface area contributed by atoms with E-state index in [-0.39, 0.29) is 5.56 Å². The summed E-state index contributed by atoms with van der Waals surface area (Å²) in [4.78, 5) is 16.4. The summed E-state index contributed by atoms with van der Waals surface area (Å²) in [6, 6.07) is 3.73. The average Bonchev–Trinajstić information content (AvgIpc) is 2.73. The van der Waals surface area contributed by atoms with E-state index in [2.05, 4.69) is 11.9 Å². The zero-order valence-corrected chi connectivity index (χ0v) is 11.0. The number of pyridine rings is 1. The summed E-state index contributed by atoms with van der Waals surface area (Å²) in [6.07, 6.45) is 3.94. The molecular weight excluding hydrogens is 232 g/mol. The molecule has 0 aliphatic heterocycles. The monoisotopic (exact) mass is 248 g/mol. The van der Waals surface area contributed by atoms with Gasteiger partial charge in [-0.05, 0) is 25.8 Å². The third-order valence-corrected chi connectivity index (χ3v) is 3.56. The fraction of sp³-hybridized carbons (Fsp3) is 0.385. The van der Waals surface area contributed by atoms with E-state index in [4.69, 9.17) is 0 Å².